The molecule has 0 fully saturated rings. The number of nitriles is 1. The minimum atomic E-state index is -0.236. The molecule has 9 nitrogen and oxygen atoms in total. The Hall–Kier alpha value is -4.69. The molecule has 0 spiro atoms. The fourth-order valence-corrected chi connectivity index (χ4v) is 5.72. The first kappa shape index (κ1) is 31.7. The van der Waals surface area contributed by atoms with E-state index in [0.29, 0.717) is 61.0 Å². The first-order valence-corrected chi connectivity index (χ1v) is 15.0. The van der Waals surface area contributed by atoms with E-state index in [4.69, 9.17) is 32.7 Å². The molecule has 4 aromatic rings. The predicted octanol–water partition coefficient (Wildman–Crippen LogP) is 6.91. The van der Waals surface area contributed by atoms with Crippen LogP contribution in [0.5, 0.6) is 11.5 Å². The molecule has 2 amide bonds. The number of carbonyl (C=O) groups is 2. The molecule has 0 radical (unpaired) electrons. The van der Waals surface area contributed by atoms with Gasteiger partial charge in [0.2, 0.25) is 11.8 Å². The van der Waals surface area contributed by atoms with Crippen LogP contribution in [0.25, 0.3) is 0 Å². The van der Waals surface area contributed by atoms with Crippen molar-refractivity contribution in [2.45, 2.75) is 0 Å². The molecule has 0 aliphatic carbocycles. The second kappa shape index (κ2) is 13.9. The van der Waals surface area contributed by atoms with E-state index in [0.717, 1.165) is 15.6 Å². The van der Waals surface area contributed by atoms with Crippen molar-refractivity contribution in [3.63, 3.8) is 0 Å². The zero-order chi connectivity index (χ0) is 32.1. The molecule has 0 bridgehead atoms. The molecule has 0 atom stereocenters. The average Bonchev–Trinajstić information content (AvgIpc) is 3.30. The number of ether oxygens (including phenoxy) is 2. The van der Waals surface area contributed by atoms with Crippen LogP contribution in [-0.2, 0) is 9.59 Å². The van der Waals surface area contributed by atoms with Crippen LogP contribution in [0, 0.1) is 11.3 Å². The molecule has 0 aromatic heterocycles. The normalized spacial score (nSPS) is 13.5. The van der Waals surface area contributed by atoms with Gasteiger partial charge in [0.1, 0.15) is 30.7 Å². The van der Waals surface area contributed by atoms with Gasteiger partial charge < -0.3 is 20.1 Å². The van der Waals surface area contributed by atoms with Gasteiger partial charge in [-0.2, -0.15) is 5.26 Å². The molecule has 45 heavy (non-hydrogen) atoms. The molecule has 226 valence electrons. The van der Waals surface area contributed by atoms with E-state index < -0.39 is 0 Å². The lowest BCUT2D eigenvalue weighted by Crippen LogP contribution is -2.13. The van der Waals surface area contributed by atoms with Crippen LogP contribution in [0.4, 0.5) is 11.4 Å². The molecule has 4 aromatic carbocycles. The van der Waals surface area contributed by atoms with Gasteiger partial charge in [0, 0.05) is 44.4 Å². The van der Waals surface area contributed by atoms with Crippen molar-refractivity contribution in [1.82, 2.24) is 0 Å². The minimum absolute atomic E-state index is 0.0144. The molecule has 0 saturated carbocycles. The van der Waals surface area contributed by atoms with Gasteiger partial charge in [-0.1, -0.05) is 59.6 Å². The fraction of sp³-hybridized carbons (Fsp3) is 0.121. The molecule has 2 heterocycles. The SMILES string of the molecule is COc1cc2c(cc1Br)C(c1ccccc1Cl)=NCC(=O)N2.COc1cc2c(cc1C#N)C(c1ccccc1Cl)=NCC(=O)N2. The standard InChI is InChI=1S/C17H12ClN3O2.C16H12BrClN2O2/c1-23-15-7-14-12(6-10(15)8-19)17(20-9-16(22)21-14)11-4-2-3-5-13(11)18;1-22-14-7-13-10(6-11(14)17)16(19-8-15(21)20-13)9-4-2-3-5-12(9)18/h2-7H,9H2,1H3,(H,21,22);2-7H,8H2,1H3,(H,20,21). The lowest BCUT2D eigenvalue weighted by atomic mass is 9.98. The summed E-state index contributed by atoms with van der Waals surface area (Å²) >= 11 is 16.0. The molecule has 0 unspecified atom stereocenters. The number of anilines is 2. The predicted molar refractivity (Wildman–Crippen MR) is 180 cm³/mol. The van der Waals surface area contributed by atoms with E-state index in [1.165, 1.54) is 7.11 Å². The second-order valence-electron chi connectivity index (χ2n) is 9.63. The van der Waals surface area contributed by atoms with Crippen molar-refractivity contribution < 1.29 is 19.1 Å². The summed E-state index contributed by atoms with van der Waals surface area (Å²) in [6.07, 6.45) is 0. The third-order valence-corrected chi connectivity index (χ3v) is 8.11. The van der Waals surface area contributed by atoms with Crippen molar-refractivity contribution >= 4 is 73.7 Å². The lowest BCUT2D eigenvalue weighted by molar-refractivity contribution is -0.115. The summed E-state index contributed by atoms with van der Waals surface area (Å²) in [5.41, 5.74) is 5.75. The van der Waals surface area contributed by atoms with Crippen LogP contribution >= 0.6 is 39.1 Å². The number of nitrogens with one attached hydrogen (secondary N) is 2. The van der Waals surface area contributed by atoms with Gasteiger partial charge >= 0.3 is 0 Å². The molecular weight excluding hydrogens is 681 g/mol. The summed E-state index contributed by atoms with van der Waals surface area (Å²) < 4.78 is 11.3. The number of amides is 2. The van der Waals surface area contributed by atoms with E-state index in [9.17, 15) is 14.9 Å². The highest BCUT2D eigenvalue weighted by atomic mass is 79.9. The Balaban J connectivity index is 0.000000178. The minimum Gasteiger partial charge on any atom is -0.495 e. The topological polar surface area (TPSA) is 125 Å². The van der Waals surface area contributed by atoms with Crippen LogP contribution in [-0.4, -0.2) is 50.5 Å². The number of halogens is 3. The number of fused-ring (bicyclic) bond motifs is 2. The highest BCUT2D eigenvalue weighted by Crippen LogP contribution is 2.35. The first-order chi connectivity index (χ1) is 21.7. The molecular formula is C33H24BrCl2N5O4. The maximum atomic E-state index is 11.9. The van der Waals surface area contributed by atoms with Crippen molar-refractivity contribution in [2.24, 2.45) is 9.98 Å². The van der Waals surface area contributed by atoms with Gasteiger partial charge in [-0.3, -0.25) is 19.6 Å². The smallest absolute Gasteiger partial charge is 0.246 e. The largest absolute Gasteiger partial charge is 0.495 e. The second-order valence-corrected chi connectivity index (χ2v) is 11.3. The third-order valence-electron chi connectivity index (χ3n) is 6.83. The number of hydrogen-bond donors (Lipinski definition) is 2. The lowest BCUT2D eigenvalue weighted by Gasteiger charge is -2.14. The van der Waals surface area contributed by atoms with Crippen LogP contribution in [0.1, 0.15) is 27.8 Å². The van der Waals surface area contributed by atoms with Gasteiger partial charge in [-0.15, -0.1) is 0 Å². The number of rotatable bonds is 4. The number of carbonyl (C=O) groups excluding carboxylic acids is 2. The van der Waals surface area contributed by atoms with E-state index in [1.54, 1.807) is 37.4 Å². The summed E-state index contributed by atoms with van der Waals surface area (Å²) in [7, 11) is 3.05. The Labute approximate surface area is 277 Å². The van der Waals surface area contributed by atoms with Crippen molar-refractivity contribution in [3.8, 4) is 17.6 Å². The number of benzene rings is 4. The number of nitrogens with zero attached hydrogens (tertiary/aromatic N) is 3. The summed E-state index contributed by atoms with van der Waals surface area (Å²) in [5, 5.41) is 16.0. The molecule has 12 heteroatoms. The van der Waals surface area contributed by atoms with Crippen molar-refractivity contribution in [1.29, 1.82) is 5.26 Å². The van der Waals surface area contributed by atoms with Gasteiger partial charge in [0.05, 0.1) is 47.1 Å². The van der Waals surface area contributed by atoms with Crippen LogP contribution < -0.4 is 20.1 Å². The third kappa shape index (κ3) is 6.86. The van der Waals surface area contributed by atoms with E-state index in [2.05, 4.69) is 42.6 Å². The van der Waals surface area contributed by atoms with E-state index >= 15 is 0 Å². The highest BCUT2D eigenvalue weighted by molar-refractivity contribution is 9.10. The average molecular weight is 705 g/mol. The fourth-order valence-electron chi connectivity index (χ4n) is 4.76. The van der Waals surface area contributed by atoms with E-state index in [-0.39, 0.29) is 24.9 Å². The Morgan fingerprint density at radius 1 is 0.733 bits per heavy atom. The van der Waals surface area contributed by atoms with Gasteiger partial charge in [0.15, 0.2) is 0 Å². The molecule has 2 aliphatic rings. The zero-order valence-corrected chi connectivity index (χ0v) is 27.0. The Morgan fingerprint density at radius 3 is 1.67 bits per heavy atom. The summed E-state index contributed by atoms with van der Waals surface area (Å²) in [5.74, 6) is 0.624. The Kier molecular flexibility index (Phi) is 9.83. The zero-order valence-electron chi connectivity index (χ0n) is 24.0. The Morgan fingerprint density at radius 2 is 1.20 bits per heavy atom. The maximum absolute atomic E-state index is 11.9. The highest BCUT2D eigenvalue weighted by Gasteiger charge is 2.23. The van der Waals surface area contributed by atoms with E-state index in [1.807, 2.05) is 42.5 Å². The van der Waals surface area contributed by atoms with Gasteiger partial charge in [0.25, 0.3) is 0 Å². The first-order valence-electron chi connectivity index (χ1n) is 13.4. The molecule has 0 saturated heterocycles. The number of hydrogen-bond acceptors (Lipinski definition) is 7. The van der Waals surface area contributed by atoms with Gasteiger partial charge in [-0.05, 0) is 40.2 Å². The molecule has 2 N–H and O–H groups in total. The van der Waals surface area contributed by atoms with Crippen molar-refractivity contribution in [3.05, 3.63) is 115 Å². The van der Waals surface area contributed by atoms with Crippen LogP contribution in [0.3, 0.4) is 0 Å². The summed E-state index contributed by atoms with van der Waals surface area (Å²) in [6.45, 7) is 0.0363. The molecule has 2 aliphatic heterocycles. The van der Waals surface area contributed by atoms with Gasteiger partial charge in [-0.25, -0.2) is 0 Å². The van der Waals surface area contributed by atoms with Crippen LogP contribution in [0.2, 0.25) is 10.0 Å². The van der Waals surface area contributed by atoms with Crippen LogP contribution in [0.15, 0.2) is 87.3 Å². The quantitative estimate of drug-likeness (QED) is 0.239. The summed E-state index contributed by atoms with van der Waals surface area (Å²) in [6, 6.07) is 23.7. The Bertz CT molecular complexity index is 1940. The number of benzodiazepines with no additional fused rings is 2. The van der Waals surface area contributed by atoms with Crippen molar-refractivity contribution in [2.75, 3.05) is 37.9 Å². The number of methoxy groups -OCH3 is 2. The monoisotopic (exact) mass is 703 g/mol. The maximum Gasteiger partial charge on any atom is 0.246 e. The molecule has 6 rings (SSSR count). The number of aliphatic imine (C=N–C) groups is 2. The summed E-state index contributed by atoms with van der Waals surface area (Å²) in [4.78, 5) is 32.6.